The first kappa shape index (κ1) is 32.1. The standard InChI is InChI=1S/C29H42FN7O/c1-11-20(4)16-25(30)28(36-23(7)22(6)35-27(38)18-29(8,9)10)32-19-31-24(13-3)17-26(21(5)12-2)37-33-14-15-34-37/h1,13-17,19,22-23,36H,5,12,18H2,2-4,6-10H3,(H,31,32)(H,35,38)/b20-16+,24-13+,26-17+,28-25-. The van der Waals surface area contributed by atoms with Crippen LogP contribution in [0.1, 0.15) is 68.2 Å². The molecule has 8 nitrogen and oxygen atoms in total. The summed E-state index contributed by atoms with van der Waals surface area (Å²) in [5.74, 6) is 1.68. The first-order valence-corrected chi connectivity index (χ1v) is 12.6. The molecule has 1 rings (SSSR count). The summed E-state index contributed by atoms with van der Waals surface area (Å²) in [6.07, 6.45) is 16.0. The molecule has 0 aliphatic heterocycles. The molecule has 2 atom stereocenters. The molecule has 3 N–H and O–H groups in total. The SMILES string of the molecule is C#C/C(C)=C/C(F)=C(\N=C\NC(=C/C)/C=C(\C(=C)CC)n1nccn1)NC(C)C(C)NC(=O)CC(C)(C)C. The minimum Gasteiger partial charge on any atom is -0.363 e. The highest BCUT2D eigenvalue weighted by molar-refractivity contribution is 5.77. The fourth-order valence-corrected chi connectivity index (χ4v) is 3.07. The average molecular weight is 524 g/mol. The van der Waals surface area contributed by atoms with Gasteiger partial charge in [0.2, 0.25) is 5.91 Å². The van der Waals surface area contributed by atoms with Gasteiger partial charge in [0.15, 0.2) is 11.6 Å². The van der Waals surface area contributed by atoms with Crippen molar-refractivity contribution in [2.24, 2.45) is 10.4 Å². The molecule has 0 saturated carbocycles. The number of carbonyl (C=O) groups is 1. The lowest BCUT2D eigenvalue weighted by Crippen LogP contribution is -2.47. The number of nitrogens with one attached hydrogen (secondary N) is 3. The molecule has 0 bridgehead atoms. The van der Waals surface area contributed by atoms with Crippen LogP contribution in [0.25, 0.3) is 5.70 Å². The molecule has 206 valence electrons. The molecule has 0 fully saturated rings. The number of halogens is 1. The zero-order chi connectivity index (χ0) is 28.9. The van der Waals surface area contributed by atoms with E-state index >= 15 is 4.39 Å². The lowest BCUT2D eigenvalue weighted by molar-refractivity contribution is -0.123. The van der Waals surface area contributed by atoms with E-state index in [0.717, 1.165) is 5.57 Å². The van der Waals surface area contributed by atoms with Crippen LogP contribution in [0, 0.1) is 17.8 Å². The van der Waals surface area contributed by atoms with Crippen molar-refractivity contribution in [3.8, 4) is 12.3 Å². The Morgan fingerprint density at radius 3 is 2.34 bits per heavy atom. The van der Waals surface area contributed by atoms with Crippen LogP contribution in [-0.2, 0) is 4.79 Å². The van der Waals surface area contributed by atoms with Crippen LogP contribution in [0.15, 0.2) is 70.7 Å². The molecule has 9 heteroatoms. The maximum Gasteiger partial charge on any atom is 0.220 e. The fourth-order valence-electron chi connectivity index (χ4n) is 3.07. The van der Waals surface area contributed by atoms with E-state index in [9.17, 15) is 4.79 Å². The molecular formula is C29H42FN7O. The van der Waals surface area contributed by atoms with Gasteiger partial charge in [-0.3, -0.25) is 4.79 Å². The van der Waals surface area contributed by atoms with Crippen LogP contribution in [0.3, 0.4) is 0 Å². The van der Waals surface area contributed by atoms with E-state index in [1.165, 1.54) is 17.2 Å². The number of nitrogens with zero attached hydrogens (tertiary/aromatic N) is 4. The first-order valence-electron chi connectivity index (χ1n) is 12.6. The zero-order valence-electron chi connectivity index (χ0n) is 23.9. The number of hydrogen-bond acceptors (Lipinski definition) is 5. The summed E-state index contributed by atoms with van der Waals surface area (Å²) in [5.41, 5.74) is 2.52. The van der Waals surface area contributed by atoms with E-state index in [2.05, 4.69) is 43.6 Å². The molecule has 1 aromatic rings. The van der Waals surface area contributed by atoms with E-state index in [1.807, 2.05) is 60.6 Å². The minimum atomic E-state index is -0.628. The largest absolute Gasteiger partial charge is 0.363 e. The molecule has 0 aromatic carbocycles. The Labute approximate surface area is 227 Å². The van der Waals surface area contributed by atoms with Crippen molar-refractivity contribution in [2.45, 2.75) is 80.3 Å². The van der Waals surface area contributed by atoms with Gasteiger partial charge in [0.25, 0.3) is 0 Å². The molecule has 2 unspecified atom stereocenters. The third-order valence-electron chi connectivity index (χ3n) is 5.44. The number of carbonyl (C=O) groups excluding carboxylic acids is 1. The second kappa shape index (κ2) is 15.4. The molecular weight excluding hydrogens is 481 g/mol. The van der Waals surface area contributed by atoms with Gasteiger partial charge in [-0.2, -0.15) is 15.0 Å². The van der Waals surface area contributed by atoms with Crippen LogP contribution in [0.4, 0.5) is 4.39 Å². The Kier molecular flexibility index (Phi) is 13.0. The monoisotopic (exact) mass is 523 g/mol. The van der Waals surface area contributed by atoms with Crippen molar-refractivity contribution in [1.29, 1.82) is 0 Å². The molecule has 0 radical (unpaired) electrons. The summed E-state index contributed by atoms with van der Waals surface area (Å²) in [4.78, 5) is 18.2. The maximum absolute atomic E-state index is 15.1. The zero-order valence-corrected chi connectivity index (χ0v) is 23.9. The summed E-state index contributed by atoms with van der Waals surface area (Å²) in [5, 5.41) is 17.5. The van der Waals surface area contributed by atoms with Crippen LogP contribution >= 0.6 is 0 Å². The molecule has 0 aliphatic carbocycles. The highest BCUT2D eigenvalue weighted by Gasteiger charge is 2.21. The second-order valence-corrected chi connectivity index (χ2v) is 10.1. The lowest BCUT2D eigenvalue weighted by atomic mass is 9.92. The number of rotatable bonds is 13. The van der Waals surface area contributed by atoms with Crippen molar-refractivity contribution < 1.29 is 9.18 Å². The van der Waals surface area contributed by atoms with Crippen molar-refractivity contribution >= 4 is 17.9 Å². The van der Waals surface area contributed by atoms with Crippen molar-refractivity contribution in [2.75, 3.05) is 0 Å². The summed E-state index contributed by atoms with van der Waals surface area (Å²) < 4.78 is 15.1. The highest BCUT2D eigenvalue weighted by Crippen LogP contribution is 2.19. The number of hydrogen-bond donors (Lipinski definition) is 3. The molecule has 1 amide bonds. The van der Waals surface area contributed by atoms with Gasteiger partial charge in [0, 0.05) is 29.8 Å². The van der Waals surface area contributed by atoms with Gasteiger partial charge in [0.1, 0.15) is 0 Å². The number of terminal acetylenes is 1. The second-order valence-electron chi connectivity index (χ2n) is 10.1. The van der Waals surface area contributed by atoms with Crippen LogP contribution in [-0.4, -0.2) is 39.3 Å². The first-order chi connectivity index (χ1) is 17.8. The summed E-state index contributed by atoms with van der Waals surface area (Å²) in [6, 6.07) is -0.616. The van der Waals surface area contributed by atoms with E-state index < -0.39 is 5.83 Å². The number of aromatic nitrogens is 3. The number of amides is 1. The van der Waals surface area contributed by atoms with Crippen LogP contribution < -0.4 is 16.0 Å². The number of aliphatic imine (C=N–C) groups is 1. The minimum absolute atomic E-state index is 0.0251. The third kappa shape index (κ3) is 11.4. The van der Waals surface area contributed by atoms with E-state index in [-0.39, 0.29) is 29.2 Å². The Balaban J connectivity index is 3.15. The molecule has 0 spiro atoms. The van der Waals surface area contributed by atoms with Gasteiger partial charge in [-0.1, -0.05) is 46.3 Å². The lowest BCUT2D eigenvalue weighted by Gasteiger charge is -2.25. The van der Waals surface area contributed by atoms with Gasteiger partial charge in [-0.15, -0.1) is 6.42 Å². The van der Waals surface area contributed by atoms with Gasteiger partial charge in [-0.25, -0.2) is 9.38 Å². The van der Waals surface area contributed by atoms with Gasteiger partial charge in [0.05, 0.1) is 24.4 Å². The average Bonchev–Trinajstić information content (AvgIpc) is 3.37. The normalized spacial score (nSPS) is 15.4. The maximum atomic E-state index is 15.1. The molecule has 1 heterocycles. The highest BCUT2D eigenvalue weighted by atomic mass is 19.1. The van der Waals surface area contributed by atoms with Crippen molar-refractivity contribution in [1.82, 2.24) is 30.9 Å². The van der Waals surface area contributed by atoms with E-state index in [0.29, 0.717) is 29.8 Å². The predicted molar refractivity (Wildman–Crippen MR) is 154 cm³/mol. The molecule has 1 aromatic heterocycles. The summed E-state index contributed by atoms with van der Waals surface area (Å²) in [6.45, 7) is 19.3. The Morgan fingerprint density at radius 2 is 1.82 bits per heavy atom. The molecule has 0 aliphatic rings. The van der Waals surface area contributed by atoms with Crippen LogP contribution in [0.5, 0.6) is 0 Å². The Morgan fingerprint density at radius 1 is 1.21 bits per heavy atom. The summed E-state index contributed by atoms with van der Waals surface area (Å²) in [7, 11) is 0. The quantitative estimate of drug-likeness (QED) is 0.142. The van der Waals surface area contributed by atoms with Gasteiger partial charge in [-0.05, 0) is 57.3 Å². The third-order valence-corrected chi connectivity index (χ3v) is 5.44. The summed E-state index contributed by atoms with van der Waals surface area (Å²) >= 11 is 0. The Hall–Kier alpha value is -3.93. The van der Waals surface area contributed by atoms with Gasteiger partial charge >= 0.3 is 0 Å². The smallest absolute Gasteiger partial charge is 0.220 e. The van der Waals surface area contributed by atoms with E-state index in [1.54, 1.807) is 19.3 Å². The fraction of sp³-hybridized carbons (Fsp3) is 0.448. The predicted octanol–water partition coefficient (Wildman–Crippen LogP) is 5.24. The number of allylic oxidation sites excluding steroid dienone is 7. The molecule has 38 heavy (non-hydrogen) atoms. The van der Waals surface area contributed by atoms with Gasteiger partial charge < -0.3 is 16.0 Å². The topological polar surface area (TPSA) is 96.2 Å². The van der Waals surface area contributed by atoms with Crippen molar-refractivity contribution in [3.05, 3.63) is 65.7 Å². The molecule has 0 saturated heterocycles. The van der Waals surface area contributed by atoms with Crippen LogP contribution in [0.2, 0.25) is 0 Å². The van der Waals surface area contributed by atoms with E-state index in [4.69, 9.17) is 6.42 Å². The Bertz CT molecular complexity index is 1140. The van der Waals surface area contributed by atoms with Crippen molar-refractivity contribution in [3.63, 3.8) is 0 Å².